The molecule has 1 atom stereocenters. The molecule has 2 N–H and O–H groups in total. The van der Waals surface area contributed by atoms with Crippen molar-refractivity contribution in [1.29, 1.82) is 0 Å². The molecule has 122 valence electrons. The third kappa shape index (κ3) is 4.18. The molecule has 0 aliphatic heterocycles. The van der Waals surface area contributed by atoms with Gasteiger partial charge in [0.05, 0.1) is 17.8 Å². The Morgan fingerprint density at radius 1 is 1.30 bits per heavy atom. The maximum Gasteiger partial charge on any atom is 0.309 e. The number of carbonyl (C=O) groups excluding carboxylic acids is 1. The topological polar surface area (TPSA) is 84.2 Å². The van der Waals surface area contributed by atoms with Crippen LogP contribution in [-0.4, -0.2) is 26.5 Å². The van der Waals surface area contributed by atoms with Crippen molar-refractivity contribution in [1.82, 2.24) is 14.9 Å². The normalized spacial score (nSPS) is 12.7. The molecule has 1 amide bonds. The fourth-order valence-corrected chi connectivity index (χ4v) is 2.20. The zero-order valence-electron chi connectivity index (χ0n) is 13.5. The molecule has 0 aliphatic rings. The van der Waals surface area contributed by atoms with Gasteiger partial charge in [0.2, 0.25) is 5.91 Å². The van der Waals surface area contributed by atoms with Crippen LogP contribution >= 0.6 is 0 Å². The highest BCUT2D eigenvalue weighted by Crippen LogP contribution is 2.21. The van der Waals surface area contributed by atoms with E-state index in [2.05, 4.69) is 10.3 Å². The summed E-state index contributed by atoms with van der Waals surface area (Å²) in [7, 11) is 0. The van der Waals surface area contributed by atoms with E-state index in [0.29, 0.717) is 0 Å². The number of carboxylic acid groups (broad SMARTS) is 1. The smallest absolute Gasteiger partial charge is 0.309 e. The molecule has 0 saturated carbocycles. The lowest BCUT2D eigenvalue weighted by Gasteiger charge is -2.21. The van der Waals surface area contributed by atoms with Gasteiger partial charge in [0.25, 0.3) is 0 Å². The summed E-state index contributed by atoms with van der Waals surface area (Å²) in [5.41, 5.74) is 0.863. The van der Waals surface area contributed by atoms with Crippen LogP contribution in [0.5, 0.6) is 0 Å². The van der Waals surface area contributed by atoms with E-state index in [1.54, 1.807) is 26.4 Å². The molecule has 0 fully saturated rings. The van der Waals surface area contributed by atoms with Gasteiger partial charge in [-0.3, -0.25) is 9.59 Å². The fraction of sp³-hybridized carbons (Fsp3) is 0.353. The number of imidazole rings is 1. The Kier molecular flexibility index (Phi) is 4.83. The molecule has 1 aromatic heterocycles. The number of carbonyl (C=O) groups is 2. The van der Waals surface area contributed by atoms with E-state index < -0.39 is 11.4 Å². The molecule has 1 unspecified atom stereocenters. The van der Waals surface area contributed by atoms with Crippen molar-refractivity contribution < 1.29 is 14.7 Å². The summed E-state index contributed by atoms with van der Waals surface area (Å²) in [6.07, 6.45) is 5.23. The van der Waals surface area contributed by atoms with Crippen LogP contribution < -0.4 is 5.32 Å². The second-order valence-corrected chi connectivity index (χ2v) is 6.22. The summed E-state index contributed by atoms with van der Waals surface area (Å²) in [6.45, 7) is 4.96. The number of hydrogen-bond donors (Lipinski definition) is 2. The summed E-state index contributed by atoms with van der Waals surface area (Å²) in [6, 6.07) is 7.57. The Labute approximate surface area is 135 Å². The SMILES string of the molecule is CC(NC(=O)CC(C)(C)C(=O)O)c1ccc(-n2ccnc2)cc1. The number of aromatic nitrogens is 2. The lowest BCUT2D eigenvalue weighted by molar-refractivity contribution is -0.149. The third-order valence-corrected chi connectivity index (χ3v) is 3.75. The predicted octanol–water partition coefficient (Wildman–Crippen LogP) is 2.55. The molecule has 23 heavy (non-hydrogen) atoms. The Bertz CT molecular complexity index is 676. The average Bonchev–Trinajstić information content (AvgIpc) is 3.00. The molecule has 0 spiro atoms. The first-order valence-corrected chi connectivity index (χ1v) is 7.40. The first-order chi connectivity index (χ1) is 10.8. The number of benzene rings is 1. The number of nitrogens with zero attached hydrogens (tertiary/aromatic N) is 2. The minimum atomic E-state index is -1.07. The maximum absolute atomic E-state index is 12.0. The van der Waals surface area contributed by atoms with Gasteiger partial charge in [0.15, 0.2) is 0 Å². The molecule has 0 bridgehead atoms. The van der Waals surface area contributed by atoms with Crippen LogP contribution in [0, 0.1) is 5.41 Å². The van der Waals surface area contributed by atoms with E-state index in [4.69, 9.17) is 5.11 Å². The number of carboxylic acids is 1. The summed E-state index contributed by atoms with van der Waals surface area (Å²) in [4.78, 5) is 27.1. The third-order valence-electron chi connectivity index (χ3n) is 3.75. The van der Waals surface area contributed by atoms with E-state index >= 15 is 0 Å². The first-order valence-electron chi connectivity index (χ1n) is 7.40. The number of amides is 1. The van der Waals surface area contributed by atoms with Gasteiger partial charge in [-0.1, -0.05) is 12.1 Å². The van der Waals surface area contributed by atoms with Crippen molar-refractivity contribution in [3.05, 3.63) is 48.5 Å². The molecule has 0 saturated heterocycles. The highest BCUT2D eigenvalue weighted by atomic mass is 16.4. The molecule has 2 aromatic rings. The van der Waals surface area contributed by atoms with Gasteiger partial charge in [-0.15, -0.1) is 0 Å². The number of rotatable bonds is 6. The minimum Gasteiger partial charge on any atom is -0.481 e. The van der Waals surface area contributed by atoms with Crippen molar-refractivity contribution in [3.8, 4) is 5.69 Å². The Hall–Kier alpha value is -2.63. The summed E-state index contributed by atoms with van der Waals surface area (Å²) < 4.78 is 1.89. The Balaban J connectivity index is 1.99. The second-order valence-electron chi connectivity index (χ2n) is 6.22. The molecular weight excluding hydrogens is 294 g/mol. The summed E-state index contributed by atoms with van der Waals surface area (Å²) in [5.74, 6) is -1.26. The van der Waals surface area contributed by atoms with Crippen LogP contribution in [0.1, 0.15) is 38.8 Å². The monoisotopic (exact) mass is 315 g/mol. The summed E-state index contributed by atoms with van der Waals surface area (Å²) in [5, 5.41) is 11.9. The highest BCUT2D eigenvalue weighted by Gasteiger charge is 2.30. The van der Waals surface area contributed by atoms with Crippen molar-refractivity contribution in [2.75, 3.05) is 0 Å². The molecule has 0 aliphatic carbocycles. The van der Waals surface area contributed by atoms with Crippen LogP contribution in [0.3, 0.4) is 0 Å². The Morgan fingerprint density at radius 3 is 2.48 bits per heavy atom. The average molecular weight is 315 g/mol. The molecular formula is C17H21N3O3. The van der Waals surface area contributed by atoms with Gasteiger partial charge >= 0.3 is 5.97 Å². The largest absolute Gasteiger partial charge is 0.481 e. The van der Waals surface area contributed by atoms with Gasteiger partial charge < -0.3 is 15.0 Å². The Morgan fingerprint density at radius 2 is 1.96 bits per heavy atom. The fourth-order valence-electron chi connectivity index (χ4n) is 2.20. The van der Waals surface area contributed by atoms with Crippen LogP contribution in [0.4, 0.5) is 0 Å². The lowest BCUT2D eigenvalue weighted by Crippen LogP contribution is -2.34. The van der Waals surface area contributed by atoms with Crippen LogP contribution in [0.25, 0.3) is 5.69 Å². The maximum atomic E-state index is 12.0. The van der Waals surface area contributed by atoms with E-state index in [0.717, 1.165) is 11.3 Å². The van der Waals surface area contributed by atoms with Crippen molar-refractivity contribution in [2.24, 2.45) is 5.41 Å². The molecule has 0 radical (unpaired) electrons. The van der Waals surface area contributed by atoms with E-state index in [1.807, 2.05) is 42.0 Å². The molecule has 1 heterocycles. The van der Waals surface area contributed by atoms with Crippen LogP contribution in [0.15, 0.2) is 43.0 Å². The van der Waals surface area contributed by atoms with Crippen LogP contribution in [0.2, 0.25) is 0 Å². The van der Waals surface area contributed by atoms with Gasteiger partial charge in [0, 0.05) is 24.5 Å². The van der Waals surface area contributed by atoms with Gasteiger partial charge in [-0.25, -0.2) is 4.98 Å². The van der Waals surface area contributed by atoms with Crippen molar-refractivity contribution >= 4 is 11.9 Å². The van der Waals surface area contributed by atoms with Gasteiger partial charge in [-0.05, 0) is 38.5 Å². The van der Waals surface area contributed by atoms with Crippen molar-refractivity contribution in [2.45, 2.75) is 33.2 Å². The molecule has 2 rings (SSSR count). The number of hydrogen-bond acceptors (Lipinski definition) is 3. The number of aliphatic carboxylic acids is 1. The first kappa shape index (κ1) is 16.7. The summed E-state index contributed by atoms with van der Waals surface area (Å²) >= 11 is 0. The molecule has 6 heteroatoms. The van der Waals surface area contributed by atoms with E-state index in [-0.39, 0.29) is 18.4 Å². The highest BCUT2D eigenvalue weighted by molar-refractivity contribution is 5.84. The lowest BCUT2D eigenvalue weighted by atomic mass is 9.89. The standard InChI is InChI=1S/C17H21N3O3/c1-12(19-15(21)10-17(2,3)16(22)23)13-4-6-14(7-5-13)20-9-8-18-11-20/h4-9,11-12H,10H2,1-3H3,(H,19,21)(H,22,23). The van der Waals surface area contributed by atoms with Gasteiger partial charge in [-0.2, -0.15) is 0 Å². The minimum absolute atomic E-state index is 0.0558. The number of nitrogens with one attached hydrogen (secondary N) is 1. The second kappa shape index (κ2) is 6.64. The van der Waals surface area contributed by atoms with Crippen LogP contribution in [-0.2, 0) is 9.59 Å². The van der Waals surface area contributed by atoms with Crippen molar-refractivity contribution in [3.63, 3.8) is 0 Å². The molecule has 6 nitrogen and oxygen atoms in total. The molecule has 1 aromatic carbocycles. The zero-order valence-corrected chi connectivity index (χ0v) is 13.5. The zero-order chi connectivity index (χ0) is 17.0. The van der Waals surface area contributed by atoms with E-state index in [1.165, 1.54) is 0 Å². The van der Waals surface area contributed by atoms with Gasteiger partial charge in [0.1, 0.15) is 0 Å². The predicted molar refractivity (Wildman–Crippen MR) is 86.2 cm³/mol. The quantitative estimate of drug-likeness (QED) is 0.858. The van der Waals surface area contributed by atoms with E-state index in [9.17, 15) is 9.59 Å².